The molecule has 2 rings (SSSR count). The maximum Gasteiger partial charge on any atom is 0.573 e. The molecule has 132 valence electrons. The number of nitriles is 1. The summed E-state index contributed by atoms with van der Waals surface area (Å²) in [6.45, 7) is 6.61. The minimum Gasteiger partial charge on any atom is -0.406 e. The van der Waals surface area contributed by atoms with E-state index in [9.17, 15) is 13.2 Å². The standard InChI is InChI=1S/C18H23F3N2O/c1-14(2)17(6-9-22)7-10-23(11-8-17)13-15-4-3-5-16(12-15)24-18(19,20)21/h3-5,12,14H,6-8,10-11,13H2,1-2H3. The van der Waals surface area contributed by atoms with Crippen LogP contribution in [0.15, 0.2) is 24.3 Å². The van der Waals surface area contributed by atoms with Crippen LogP contribution >= 0.6 is 0 Å². The molecule has 0 aromatic heterocycles. The van der Waals surface area contributed by atoms with Crippen LogP contribution in [-0.2, 0) is 6.54 Å². The lowest BCUT2D eigenvalue weighted by Crippen LogP contribution is -2.42. The molecule has 1 aromatic rings. The molecule has 3 nitrogen and oxygen atoms in total. The summed E-state index contributed by atoms with van der Waals surface area (Å²) in [4.78, 5) is 2.23. The summed E-state index contributed by atoms with van der Waals surface area (Å²) < 4.78 is 40.9. The Morgan fingerprint density at radius 2 is 1.96 bits per heavy atom. The summed E-state index contributed by atoms with van der Waals surface area (Å²) in [5.74, 6) is 0.265. The molecule has 1 aliphatic heterocycles. The topological polar surface area (TPSA) is 36.3 Å². The van der Waals surface area contributed by atoms with Gasteiger partial charge < -0.3 is 4.74 Å². The summed E-state index contributed by atoms with van der Waals surface area (Å²) in [6.07, 6.45) is -2.22. The van der Waals surface area contributed by atoms with Crippen molar-refractivity contribution in [2.45, 2.75) is 46.0 Å². The zero-order chi connectivity index (χ0) is 17.8. The smallest absolute Gasteiger partial charge is 0.406 e. The number of piperidine rings is 1. The molecule has 0 atom stereocenters. The summed E-state index contributed by atoms with van der Waals surface area (Å²) in [6, 6.07) is 8.44. The highest BCUT2D eigenvalue weighted by atomic mass is 19.4. The van der Waals surface area contributed by atoms with Crippen LogP contribution in [0.3, 0.4) is 0 Å². The Bertz CT molecular complexity index is 585. The molecule has 6 heteroatoms. The second-order valence-electron chi connectivity index (χ2n) is 6.82. The van der Waals surface area contributed by atoms with Crippen molar-refractivity contribution < 1.29 is 17.9 Å². The first-order chi connectivity index (χ1) is 11.2. The lowest BCUT2D eigenvalue weighted by Gasteiger charge is -2.43. The van der Waals surface area contributed by atoms with Gasteiger partial charge in [0.2, 0.25) is 0 Å². The number of ether oxygens (including phenoxy) is 1. The first-order valence-corrected chi connectivity index (χ1v) is 8.18. The van der Waals surface area contributed by atoms with Gasteiger partial charge in [-0.2, -0.15) is 5.26 Å². The van der Waals surface area contributed by atoms with Gasteiger partial charge in [0, 0.05) is 13.0 Å². The third-order valence-corrected chi connectivity index (χ3v) is 5.05. The molecule has 0 bridgehead atoms. The number of benzene rings is 1. The minimum absolute atomic E-state index is 0.0620. The first kappa shape index (κ1) is 18.6. The van der Waals surface area contributed by atoms with Gasteiger partial charge in [-0.15, -0.1) is 13.2 Å². The van der Waals surface area contributed by atoms with Crippen molar-refractivity contribution in [3.8, 4) is 11.8 Å². The molecule has 0 unspecified atom stereocenters. The van der Waals surface area contributed by atoms with E-state index in [1.807, 2.05) is 6.07 Å². The monoisotopic (exact) mass is 340 g/mol. The van der Waals surface area contributed by atoms with Gasteiger partial charge >= 0.3 is 6.36 Å². The largest absolute Gasteiger partial charge is 0.573 e. The second-order valence-corrected chi connectivity index (χ2v) is 6.82. The Labute approximate surface area is 141 Å². The lowest BCUT2D eigenvalue weighted by molar-refractivity contribution is -0.274. The molecule has 0 saturated carbocycles. The van der Waals surface area contributed by atoms with E-state index in [1.165, 1.54) is 12.1 Å². The van der Waals surface area contributed by atoms with E-state index in [1.54, 1.807) is 6.07 Å². The van der Waals surface area contributed by atoms with Crippen molar-refractivity contribution in [3.05, 3.63) is 29.8 Å². The van der Waals surface area contributed by atoms with Crippen molar-refractivity contribution in [1.82, 2.24) is 4.90 Å². The molecule has 0 spiro atoms. The fourth-order valence-corrected chi connectivity index (χ4v) is 3.37. The Morgan fingerprint density at radius 3 is 2.50 bits per heavy atom. The molecule has 1 fully saturated rings. The van der Waals surface area contributed by atoms with Crippen LogP contribution in [0.2, 0.25) is 0 Å². The maximum atomic E-state index is 12.3. The zero-order valence-corrected chi connectivity index (χ0v) is 14.1. The summed E-state index contributed by atoms with van der Waals surface area (Å²) in [7, 11) is 0. The third-order valence-electron chi connectivity index (χ3n) is 5.05. The van der Waals surface area contributed by atoms with E-state index in [-0.39, 0.29) is 11.2 Å². The van der Waals surface area contributed by atoms with Gasteiger partial charge in [0.05, 0.1) is 6.07 Å². The fourth-order valence-electron chi connectivity index (χ4n) is 3.37. The van der Waals surface area contributed by atoms with Crippen LogP contribution in [0.5, 0.6) is 5.75 Å². The molecule has 1 aliphatic rings. The van der Waals surface area contributed by atoms with E-state index in [0.717, 1.165) is 31.5 Å². The molecule has 1 aromatic carbocycles. The van der Waals surface area contributed by atoms with Gasteiger partial charge in [0.15, 0.2) is 0 Å². The highest BCUT2D eigenvalue weighted by molar-refractivity contribution is 5.28. The van der Waals surface area contributed by atoms with Crippen LogP contribution in [0, 0.1) is 22.7 Å². The molecule has 24 heavy (non-hydrogen) atoms. The average molecular weight is 340 g/mol. The predicted octanol–water partition coefficient (Wildman–Crippen LogP) is 4.74. The maximum absolute atomic E-state index is 12.3. The Kier molecular flexibility index (Phi) is 5.76. The third kappa shape index (κ3) is 4.88. The van der Waals surface area contributed by atoms with Crippen LogP contribution in [0.1, 0.15) is 38.7 Å². The normalized spacial score (nSPS) is 18.4. The van der Waals surface area contributed by atoms with Crippen molar-refractivity contribution in [2.24, 2.45) is 11.3 Å². The Morgan fingerprint density at radius 1 is 1.29 bits per heavy atom. The van der Waals surface area contributed by atoms with Crippen molar-refractivity contribution in [3.63, 3.8) is 0 Å². The molecule has 0 N–H and O–H groups in total. The molecule has 1 saturated heterocycles. The molecule has 1 heterocycles. The molecule has 0 radical (unpaired) electrons. The summed E-state index contributed by atoms with van der Waals surface area (Å²) in [5.41, 5.74) is 0.862. The highest BCUT2D eigenvalue weighted by Gasteiger charge is 2.37. The van der Waals surface area contributed by atoms with Crippen LogP contribution in [-0.4, -0.2) is 24.4 Å². The van der Waals surface area contributed by atoms with Crippen LogP contribution in [0.25, 0.3) is 0 Å². The van der Waals surface area contributed by atoms with E-state index in [4.69, 9.17) is 5.26 Å². The average Bonchev–Trinajstić information content (AvgIpc) is 2.48. The first-order valence-electron chi connectivity index (χ1n) is 8.18. The van der Waals surface area contributed by atoms with Crippen LogP contribution in [0.4, 0.5) is 13.2 Å². The van der Waals surface area contributed by atoms with E-state index in [2.05, 4.69) is 29.6 Å². The van der Waals surface area contributed by atoms with Gasteiger partial charge in [0.25, 0.3) is 0 Å². The number of alkyl halides is 3. The Hall–Kier alpha value is -1.74. The van der Waals surface area contributed by atoms with Gasteiger partial charge in [-0.25, -0.2) is 0 Å². The van der Waals surface area contributed by atoms with E-state index in [0.29, 0.717) is 18.9 Å². The van der Waals surface area contributed by atoms with Crippen molar-refractivity contribution in [2.75, 3.05) is 13.1 Å². The quantitative estimate of drug-likeness (QED) is 0.777. The van der Waals surface area contributed by atoms with Gasteiger partial charge in [0.1, 0.15) is 5.75 Å². The van der Waals surface area contributed by atoms with Crippen molar-refractivity contribution >= 4 is 0 Å². The zero-order valence-electron chi connectivity index (χ0n) is 14.1. The molecular formula is C18H23F3N2O. The van der Waals surface area contributed by atoms with Gasteiger partial charge in [-0.1, -0.05) is 26.0 Å². The molecule has 0 amide bonds. The number of nitrogens with zero attached hydrogens (tertiary/aromatic N) is 2. The van der Waals surface area contributed by atoms with Gasteiger partial charge in [-0.05, 0) is 55.0 Å². The fraction of sp³-hybridized carbons (Fsp3) is 0.611. The SMILES string of the molecule is CC(C)C1(CC#N)CCN(Cc2cccc(OC(F)(F)F)c2)CC1. The summed E-state index contributed by atoms with van der Waals surface area (Å²) in [5, 5.41) is 9.09. The van der Waals surface area contributed by atoms with E-state index < -0.39 is 6.36 Å². The minimum atomic E-state index is -4.67. The van der Waals surface area contributed by atoms with Gasteiger partial charge in [-0.3, -0.25) is 4.90 Å². The number of rotatable bonds is 5. The second kappa shape index (κ2) is 7.43. The lowest BCUT2D eigenvalue weighted by atomic mass is 9.68. The van der Waals surface area contributed by atoms with Crippen molar-refractivity contribution in [1.29, 1.82) is 5.26 Å². The molecular weight excluding hydrogens is 317 g/mol. The predicted molar refractivity (Wildman–Crippen MR) is 85.1 cm³/mol. The van der Waals surface area contributed by atoms with Crippen LogP contribution < -0.4 is 4.74 Å². The number of likely N-dealkylation sites (tertiary alicyclic amines) is 1. The number of hydrogen-bond donors (Lipinski definition) is 0. The molecule has 0 aliphatic carbocycles. The van der Waals surface area contributed by atoms with E-state index >= 15 is 0 Å². The highest BCUT2D eigenvalue weighted by Crippen LogP contribution is 2.41. The number of hydrogen-bond acceptors (Lipinski definition) is 3. The number of halogens is 3. The Balaban J connectivity index is 1.97. The summed E-state index contributed by atoms with van der Waals surface area (Å²) >= 11 is 0.